The summed E-state index contributed by atoms with van der Waals surface area (Å²) < 4.78 is 58.6. The first kappa shape index (κ1) is 30.7. The van der Waals surface area contributed by atoms with Gasteiger partial charge in [-0.2, -0.15) is 0 Å². The zero-order valence-electron chi connectivity index (χ0n) is 23.4. The van der Waals surface area contributed by atoms with Crippen LogP contribution in [0.25, 0.3) is 22.0 Å². The van der Waals surface area contributed by atoms with Gasteiger partial charge in [-0.05, 0) is 84.3 Å². The minimum Gasteiger partial charge on any atom is -0.487 e. The SMILES string of the molecule is CC(=O)Oc1ccc(COc2c(-c3ccc(Oc4ccc(OC(F)(F)F)cc4)cc3)c(C)nc3cc(CO)c(Cl)cc23)cc1. The standard InChI is InChI=1S/C33H25ClF3NO6/c1-19-31(22-5-9-25(10-6-22)43-26-11-13-27(14-12-26)44-33(35,36)37)32(28-16-29(34)23(17-39)15-30(28)38-19)41-18-21-3-7-24(8-4-21)42-20(2)40/h3-16,39H,17-18H2,1-2H3. The third-order valence-electron chi connectivity index (χ3n) is 6.46. The maximum absolute atomic E-state index is 12.5. The van der Waals surface area contributed by atoms with Gasteiger partial charge in [0, 0.05) is 28.6 Å². The summed E-state index contributed by atoms with van der Waals surface area (Å²) in [6.07, 6.45) is -4.78. The number of aromatic nitrogens is 1. The number of carbonyl (C=O) groups is 1. The molecule has 5 rings (SSSR count). The highest BCUT2D eigenvalue weighted by Crippen LogP contribution is 2.41. The van der Waals surface area contributed by atoms with Crippen LogP contribution in [0.5, 0.6) is 28.7 Å². The number of rotatable bonds is 9. The highest BCUT2D eigenvalue weighted by Gasteiger charge is 2.31. The van der Waals surface area contributed by atoms with E-state index in [2.05, 4.69) is 4.74 Å². The molecule has 0 amide bonds. The molecule has 4 aromatic carbocycles. The van der Waals surface area contributed by atoms with Crippen molar-refractivity contribution in [1.82, 2.24) is 4.98 Å². The molecule has 0 aliphatic carbocycles. The molecule has 5 aromatic rings. The fraction of sp³-hybridized carbons (Fsp3) is 0.152. The Labute approximate surface area is 255 Å². The molecule has 0 unspecified atom stereocenters. The Hall–Kier alpha value is -4.80. The Morgan fingerprint density at radius 1 is 0.886 bits per heavy atom. The average molecular weight is 624 g/mol. The third-order valence-corrected chi connectivity index (χ3v) is 6.81. The Kier molecular flexibility index (Phi) is 8.93. The fourth-order valence-corrected chi connectivity index (χ4v) is 4.76. The smallest absolute Gasteiger partial charge is 0.487 e. The summed E-state index contributed by atoms with van der Waals surface area (Å²) in [5.74, 6) is 0.963. The molecular weight excluding hydrogens is 599 g/mol. The van der Waals surface area contributed by atoms with Crippen molar-refractivity contribution < 1.29 is 42.0 Å². The molecule has 0 bridgehead atoms. The number of alkyl halides is 3. The predicted molar refractivity (Wildman–Crippen MR) is 158 cm³/mol. The van der Waals surface area contributed by atoms with Crippen LogP contribution >= 0.6 is 11.6 Å². The molecule has 1 aromatic heterocycles. The molecule has 0 aliphatic heterocycles. The van der Waals surface area contributed by atoms with Crippen molar-refractivity contribution in [2.24, 2.45) is 0 Å². The van der Waals surface area contributed by atoms with Crippen molar-refractivity contribution in [1.29, 1.82) is 0 Å². The Balaban J connectivity index is 1.45. The number of halogens is 4. The first-order valence-corrected chi connectivity index (χ1v) is 13.6. The summed E-state index contributed by atoms with van der Waals surface area (Å²) >= 11 is 6.46. The van der Waals surface area contributed by atoms with Crippen molar-refractivity contribution in [3.8, 4) is 39.9 Å². The van der Waals surface area contributed by atoms with Crippen LogP contribution in [0.15, 0.2) is 84.9 Å². The highest BCUT2D eigenvalue weighted by molar-refractivity contribution is 6.32. The second kappa shape index (κ2) is 12.8. The number of hydrogen-bond donors (Lipinski definition) is 1. The molecule has 0 aliphatic rings. The first-order chi connectivity index (χ1) is 21.0. The minimum atomic E-state index is -4.78. The molecule has 0 fully saturated rings. The van der Waals surface area contributed by atoms with Crippen LogP contribution in [0.2, 0.25) is 5.02 Å². The summed E-state index contributed by atoms with van der Waals surface area (Å²) in [5, 5.41) is 10.7. The van der Waals surface area contributed by atoms with Crippen molar-refractivity contribution >= 4 is 28.5 Å². The van der Waals surface area contributed by atoms with Crippen LogP contribution in [0.1, 0.15) is 23.7 Å². The molecule has 0 radical (unpaired) electrons. The average Bonchev–Trinajstić information content (AvgIpc) is 2.97. The Morgan fingerprint density at radius 3 is 2.07 bits per heavy atom. The lowest BCUT2D eigenvalue weighted by Crippen LogP contribution is -2.16. The molecule has 1 heterocycles. The Bertz CT molecular complexity index is 1790. The lowest BCUT2D eigenvalue weighted by Gasteiger charge is -2.18. The number of esters is 1. The number of ether oxygens (including phenoxy) is 4. The predicted octanol–water partition coefficient (Wildman–Crippen LogP) is 8.55. The minimum absolute atomic E-state index is 0.181. The molecule has 11 heteroatoms. The van der Waals surface area contributed by atoms with Gasteiger partial charge in [0.2, 0.25) is 0 Å². The zero-order valence-corrected chi connectivity index (χ0v) is 24.2. The molecule has 0 atom stereocenters. The topological polar surface area (TPSA) is 87.1 Å². The van der Waals surface area contributed by atoms with Crippen LogP contribution in [0.4, 0.5) is 13.2 Å². The molecule has 0 saturated heterocycles. The number of fused-ring (bicyclic) bond motifs is 1. The van der Waals surface area contributed by atoms with E-state index < -0.39 is 12.3 Å². The van der Waals surface area contributed by atoms with Crippen LogP contribution < -0.4 is 18.9 Å². The summed E-state index contributed by atoms with van der Waals surface area (Å²) in [6.45, 7) is 3.11. The quantitative estimate of drug-likeness (QED) is 0.130. The number of aliphatic hydroxyl groups excluding tert-OH is 1. The van der Waals surface area contributed by atoms with Crippen LogP contribution in [0.3, 0.4) is 0 Å². The summed E-state index contributed by atoms with van der Waals surface area (Å²) in [6, 6.07) is 22.5. The summed E-state index contributed by atoms with van der Waals surface area (Å²) in [4.78, 5) is 16.0. The van der Waals surface area contributed by atoms with E-state index in [0.29, 0.717) is 55.7 Å². The van der Waals surface area contributed by atoms with E-state index in [-0.39, 0.29) is 19.0 Å². The van der Waals surface area contributed by atoms with Crippen molar-refractivity contribution in [3.05, 3.63) is 107 Å². The van der Waals surface area contributed by atoms with Crippen molar-refractivity contribution in [2.45, 2.75) is 33.4 Å². The summed E-state index contributed by atoms with van der Waals surface area (Å²) in [7, 11) is 0. The van der Waals surface area contributed by atoms with Crippen molar-refractivity contribution in [3.63, 3.8) is 0 Å². The number of hydrogen-bond acceptors (Lipinski definition) is 7. The molecular formula is C33H25ClF3NO6. The fourth-order valence-electron chi connectivity index (χ4n) is 4.54. The van der Waals surface area contributed by atoms with Crippen molar-refractivity contribution in [2.75, 3.05) is 0 Å². The van der Waals surface area contributed by atoms with Crippen LogP contribution in [0, 0.1) is 6.92 Å². The Morgan fingerprint density at radius 2 is 1.48 bits per heavy atom. The van der Waals surface area contributed by atoms with Gasteiger partial charge in [0.25, 0.3) is 0 Å². The van der Waals surface area contributed by atoms with Gasteiger partial charge in [0.15, 0.2) is 0 Å². The monoisotopic (exact) mass is 623 g/mol. The first-order valence-electron chi connectivity index (χ1n) is 13.3. The van der Waals surface area contributed by atoms with E-state index >= 15 is 0 Å². The number of pyridine rings is 1. The lowest BCUT2D eigenvalue weighted by molar-refractivity contribution is -0.274. The molecule has 0 saturated carbocycles. The van der Waals surface area contributed by atoms with E-state index in [0.717, 1.165) is 11.1 Å². The van der Waals surface area contributed by atoms with E-state index in [9.17, 15) is 23.1 Å². The second-order valence-electron chi connectivity index (χ2n) is 9.69. The van der Waals surface area contributed by atoms with E-state index in [4.69, 9.17) is 30.8 Å². The van der Waals surface area contributed by atoms with Gasteiger partial charge in [0.05, 0.1) is 12.1 Å². The van der Waals surface area contributed by atoms with Gasteiger partial charge in [-0.1, -0.05) is 35.9 Å². The van der Waals surface area contributed by atoms with E-state index in [1.165, 1.54) is 31.2 Å². The van der Waals surface area contributed by atoms with Crippen LogP contribution in [-0.4, -0.2) is 22.4 Å². The molecule has 7 nitrogen and oxygen atoms in total. The number of nitrogens with zero attached hydrogens (tertiary/aromatic N) is 1. The highest BCUT2D eigenvalue weighted by atomic mass is 35.5. The van der Waals surface area contributed by atoms with Gasteiger partial charge in [-0.3, -0.25) is 9.78 Å². The second-order valence-corrected chi connectivity index (χ2v) is 10.1. The van der Waals surface area contributed by atoms with Gasteiger partial charge in [-0.25, -0.2) is 0 Å². The summed E-state index contributed by atoms with van der Waals surface area (Å²) in [5.41, 5.74) is 4.09. The molecule has 44 heavy (non-hydrogen) atoms. The number of carbonyl (C=O) groups excluding carboxylic acids is 1. The van der Waals surface area contributed by atoms with Gasteiger partial charge < -0.3 is 24.1 Å². The van der Waals surface area contributed by atoms with E-state index in [1.807, 2.05) is 19.1 Å². The van der Waals surface area contributed by atoms with E-state index in [1.54, 1.807) is 48.5 Å². The van der Waals surface area contributed by atoms with Gasteiger partial charge >= 0.3 is 12.3 Å². The molecule has 1 N–H and O–H groups in total. The molecule has 226 valence electrons. The maximum Gasteiger partial charge on any atom is 0.573 e. The largest absolute Gasteiger partial charge is 0.573 e. The number of benzene rings is 4. The normalized spacial score (nSPS) is 11.3. The number of aliphatic hydroxyl groups is 1. The van der Waals surface area contributed by atoms with Gasteiger partial charge in [-0.15, -0.1) is 13.2 Å². The molecule has 0 spiro atoms. The van der Waals surface area contributed by atoms with Crippen LogP contribution in [-0.2, 0) is 18.0 Å². The van der Waals surface area contributed by atoms with Gasteiger partial charge in [0.1, 0.15) is 35.4 Å². The maximum atomic E-state index is 12.5. The lowest BCUT2D eigenvalue weighted by atomic mass is 9.99. The number of aryl methyl sites for hydroxylation is 1. The third kappa shape index (κ3) is 7.39. The zero-order chi connectivity index (χ0) is 31.4.